The summed E-state index contributed by atoms with van der Waals surface area (Å²) < 4.78 is 12.9. The molecule has 10 heteroatoms. The first-order valence-corrected chi connectivity index (χ1v) is 14.3. The van der Waals surface area contributed by atoms with E-state index < -0.39 is 23.6 Å². The van der Waals surface area contributed by atoms with Crippen molar-refractivity contribution in [3.63, 3.8) is 0 Å². The van der Waals surface area contributed by atoms with Crippen LogP contribution < -0.4 is 20.6 Å². The molecule has 4 rings (SSSR count). The molecule has 2 N–H and O–H groups in total. The van der Waals surface area contributed by atoms with Gasteiger partial charge >= 0.3 is 6.09 Å². The zero-order valence-electron chi connectivity index (χ0n) is 25.7. The second-order valence-electron chi connectivity index (χ2n) is 12.4. The number of pyridine rings is 1. The third kappa shape index (κ3) is 6.92. The van der Waals surface area contributed by atoms with E-state index in [0.717, 1.165) is 10.9 Å². The monoisotopic (exact) mass is 575 g/mol. The van der Waals surface area contributed by atoms with Gasteiger partial charge in [0.15, 0.2) is 0 Å². The van der Waals surface area contributed by atoms with Gasteiger partial charge < -0.3 is 14.8 Å². The van der Waals surface area contributed by atoms with E-state index >= 15 is 0 Å². The fourth-order valence-corrected chi connectivity index (χ4v) is 4.83. The minimum atomic E-state index is -1.02. The van der Waals surface area contributed by atoms with Gasteiger partial charge in [0.25, 0.3) is 11.5 Å². The number of rotatable bonds is 8. The molecule has 0 spiro atoms. The highest BCUT2D eigenvalue weighted by atomic mass is 16.6. The lowest BCUT2D eigenvalue weighted by Crippen LogP contribution is -2.56. The summed E-state index contributed by atoms with van der Waals surface area (Å²) in [6, 6.07) is 13.7. The van der Waals surface area contributed by atoms with Crippen LogP contribution in [0.5, 0.6) is 5.75 Å². The Balaban J connectivity index is 1.79. The third-order valence-corrected chi connectivity index (χ3v) is 6.45. The van der Waals surface area contributed by atoms with Crippen molar-refractivity contribution in [1.29, 1.82) is 0 Å². The van der Waals surface area contributed by atoms with Gasteiger partial charge in [-0.1, -0.05) is 37.3 Å². The molecule has 0 fully saturated rings. The van der Waals surface area contributed by atoms with Gasteiger partial charge in [0.05, 0.1) is 10.9 Å². The topological polar surface area (TPSA) is 119 Å². The number of hydrogen-bond donors (Lipinski definition) is 2. The van der Waals surface area contributed by atoms with E-state index in [0.29, 0.717) is 34.3 Å². The van der Waals surface area contributed by atoms with Crippen LogP contribution in [0.1, 0.15) is 66.1 Å². The van der Waals surface area contributed by atoms with E-state index in [4.69, 9.17) is 9.47 Å². The van der Waals surface area contributed by atoms with Gasteiger partial charge in [-0.2, -0.15) is 5.10 Å². The summed E-state index contributed by atoms with van der Waals surface area (Å²) in [6.45, 7) is 15.1. The number of nitrogens with zero attached hydrogens (tertiary/aromatic N) is 3. The molecule has 0 saturated heterocycles. The van der Waals surface area contributed by atoms with Crippen molar-refractivity contribution < 1.29 is 19.1 Å². The van der Waals surface area contributed by atoms with E-state index in [2.05, 4.69) is 15.5 Å². The van der Waals surface area contributed by atoms with Crippen molar-refractivity contribution in [3.05, 3.63) is 70.1 Å². The molecule has 0 aliphatic carbocycles. The average Bonchev–Trinajstić information content (AvgIpc) is 3.28. The number of nitrogens with one attached hydrogen (secondary N) is 2. The number of benzene rings is 2. The molecule has 0 saturated carbocycles. The third-order valence-electron chi connectivity index (χ3n) is 6.45. The predicted molar refractivity (Wildman–Crippen MR) is 165 cm³/mol. The summed E-state index contributed by atoms with van der Waals surface area (Å²) in [4.78, 5) is 41.3. The number of aryl methyl sites for hydroxylation is 1. The summed E-state index contributed by atoms with van der Waals surface area (Å²) in [6.07, 6.45) is 0.0315. The fraction of sp³-hybridized carbons (Fsp3) is 0.438. The average molecular weight is 576 g/mol. The predicted octanol–water partition coefficient (Wildman–Crippen LogP) is 5.37. The highest BCUT2D eigenvalue weighted by Gasteiger charge is 2.31. The van der Waals surface area contributed by atoms with Crippen molar-refractivity contribution in [1.82, 2.24) is 20.2 Å². The van der Waals surface area contributed by atoms with Crippen LogP contribution in [0.25, 0.3) is 21.8 Å². The van der Waals surface area contributed by atoms with Gasteiger partial charge in [0, 0.05) is 24.0 Å². The van der Waals surface area contributed by atoms with Crippen LogP contribution in [-0.2, 0) is 16.0 Å². The minimum Gasteiger partial charge on any atom is -0.488 e. The number of ether oxygens (including phenoxy) is 2. The van der Waals surface area contributed by atoms with Crippen LogP contribution in [0.15, 0.2) is 53.3 Å². The molecular weight excluding hydrogens is 534 g/mol. The molecule has 0 aliphatic heterocycles. The first-order valence-electron chi connectivity index (χ1n) is 14.3. The zero-order valence-corrected chi connectivity index (χ0v) is 25.7. The smallest absolute Gasteiger partial charge is 0.408 e. The summed E-state index contributed by atoms with van der Waals surface area (Å²) in [5.41, 5.74) is 1.03. The Kier molecular flexibility index (Phi) is 8.65. The fourth-order valence-electron chi connectivity index (χ4n) is 4.83. The normalized spacial score (nSPS) is 12.8. The lowest BCUT2D eigenvalue weighted by atomic mass is 10.0. The van der Waals surface area contributed by atoms with E-state index in [1.807, 2.05) is 70.2 Å². The van der Waals surface area contributed by atoms with Crippen LogP contribution in [0, 0.1) is 6.92 Å². The highest BCUT2D eigenvalue weighted by Crippen LogP contribution is 2.24. The summed E-state index contributed by atoms with van der Waals surface area (Å²) in [5, 5.41) is 12.6. The number of para-hydroxylation sites is 1. The summed E-state index contributed by atoms with van der Waals surface area (Å²) in [7, 11) is 0. The lowest BCUT2D eigenvalue weighted by molar-refractivity contribution is -0.122. The zero-order chi connectivity index (χ0) is 30.8. The lowest BCUT2D eigenvalue weighted by Gasteiger charge is -2.30. The van der Waals surface area contributed by atoms with Gasteiger partial charge in [-0.3, -0.25) is 14.7 Å². The number of aromatic amines is 1. The molecule has 2 aromatic heterocycles. The molecule has 0 radical (unpaired) electrons. The molecule has 42 heavy (non-hydrogen) atoms. The van der Waals surface area contributed by atoms with Crippen LogP contribution in [0.3, 0.4) is 0 Å². The first-order chi connectivity index (χ1) is 19.7. The van der Waals surface area contributed by atoms with Crippen molar-refractivity contribution in [3.8, 4) is 5.75 Å². The molecule has 2 amide bonds. The quantitative estimate of drug-likeness (QED) is 0.291. The maximum absolute atomic E-state index is 14.4. The molecule has 2 aromatic carbocycles. The summed E-state index contributed by atoms with van der Waals surface area (Å²) >= 11 is 0. The van der Waals surface area contributed by atoms with Crippen LogP contribution >= 0.6 is 0 Å². The number of carbonyl (C=O) groups excluding carboxylic acids is 2. The molecule has 1 atom stereocenters. The number of alkyl carbamates (subject to hydrolysis) is 1. The number of amides is 2. The molecule has 224 valence electrons. The van der Waals surface area contributed by atoms with E-state index in [1.165, 1.54) is 9.69 Å². The second-order valence-corrected chi connectivity index (χ2v) is 12.4. The van der Waals surface area contributed by atoms with Crippen molar-refractivity contribution in [2.24, 2.45) is 0 Å². The summed E-state index contributed by atoms with van der Waals surface area (Å²) in [5.74, 6) is 0.258. The SMILES string of the molecule is CCCN(C(=O)C(Cc1ccc(OC(C)(C)C)cc1)NC(=O)OC(C)(C)C)n1c(=O)c2c(C)[nH]nc2c2ccccc21. The number of aromatic nitrogens is 3. The molecule has 1 unspecified atom stereocenters. The number of hydrogen-bond acceptors (Lipinski definition) is 6. The Labute approximate surface area is 246 Å². The van der Waals surface area contributed by atoms with E-state index in [-0.39, 0.29) is 24.1 Å². The largest absolute Gasteiger partial charge is 0.488 e. The maximum atomic E-state index is 14.4. The first kappa shape index (κ1) is 30.6. The molecular formula is C32H41N5O5. The Bertz CT molecular complexity index is 1640. The van der Waals surface area contributed by atoms with Gasteiger partial charge in [-0.15, -0.1) is 0 Å². The van der Waals surface area contributed by atoms with Crippen LogP contribution in [0.2, 0.25) is 0 Å². The van der Waals surface area contributed by atoms with E-state index in [9.17, 15) is 14.4 Å². The van der Waals surface area contributed by atoms with E-state index in [1.54, 1.807) is 33.8 Å². The Hall–Kier alpha value is -4.34. The Morgan fingerprint density at radius 2 is 1.69 bits per heavy atom. The Morgan fingerprint density at radius 1 is 1.02 bits per heavy atom. The van der Waals surface area contributed by atoms with Gasteiger partial charge in [0.2, 0.25) is 0 Å². The molecule has 10 nitrogen and oxygen atoms in total. The Morgan fingerprint density at radius 3 is 2.31 bits per heavy atom. The number of carbonyl (C=O) groups is 2. The second kappa shape index (κ2) is 11.9. The number of H-pyrrole nitrogens is 1. The highest BCUT2D eigenvalue weighted by molar-refractivity contribution is 6.05. The molecule has 4 aromatic rings. The van der Waals surface area contributed by atoms with Crippen LogP contribution in [0.4, 0.5) is 4.79 Å². The van der Waals surface area contributed by atoms with Gasteiger partial charge in [-0.05, 0) is 78.6 Å². The minimum absolute atomic E-state index is 0.174. The van der Waals surface area contributed by atoms with Gasteiger partial charge in [0.1, 0.15) is 28.5 Å². The molecule has 0 bridgehead atoms. The van der Waals surface area contributed by atoms with Crippen molar-refractivity contribution >= 4 is 33.8 Å². The van der Waals surface area contributed by atoms with Crippen LogP contribution in [-0.4, -0.2) is 50.7 Å². The molecule has 2 heterocycles. The van der Waals surface area contributed by atoms with Crippen molar-refractivity contribution in [2.75, 3.05) is 11.6 Å². The standard InChI is InChI=1S/C32H41N5O5/c1-9-18-36(37-25-13-11-10-12-23(25)27-26(29(37)39)20(2)34-35-27)28(38)24(33-30(40)42-32(6,7)8)19-21-14-16-22(17-15-21)41-31(3,4)5/h10-17,24H,9,18-19H2,1-8H3,(H,33,40)(H,34,35). The van der Waals surface area contributed by atoms with Crippen molar-refractivity contribution in [2.45, 2.75) is 85.5 Å². The maximum Gasteiger partial charge on any atom is 0.408 e. The molecule has 0 aliphatic rings. The van der Waals surface area contributed by atoms with Gasteiger partial charge in [-0.25, -0.2) is 14.5 Å². The number of fused-ring (bicyclic) bond motifs is 3.